The van der Waals surface area contributed by atoms with E-state index in [1.807, 2.05) is 0 Å². The van der Waals surface area contributed by atoms with E-state index in [0.717, 1.165) is 38.3 Å². The standard InChI is InChI=1S/C30H37F5N6O2/c1-15-8-20(36)26(32)24(25(15)30(33,34)35)22-9-21-23(16(2)43-22)27(40-12-18-4-5-19(13-40)37-18)39-28(38-21)42-14-29-6-3-7-41(29)11-17(31)10-29/h8,16-19,22,37H,3-7,9-14,36H2,1-2H3/t16-,17-,18?,19?,22+,29+/m1/s1. The summed E-state index contributed by atoms with van der Waals surface area (Å²) >= 11 is 0. The highest BCUT2D eigenvalue weighted by Gasteiger charge is 2.50. The van der Waals surface area contributed by atoms with Crippen molar-refractivity contribution in [2.24, 2.45) is 0 Å². The zero-order valence-electron chi connectivity index (χ0n) is 24.3. The van der Waals surface area contributed by atoms with E-state index in [1.54, 1.807) is 6.92 Å². The monoisotopic (exact) mass is 608 g/mol. The summed E-state index contributed by atoms with van der Waals surface area (Å²) in [6.07, 6.45) is -3.60. The number of halogens is 5. The molecular formula is C30H37F5N6O2. The minimum Gasteiger partial charge on any atom is -0.461 e. The lowest BCUT2D eigenvalue weighted by atomic mass is 9.89. The Morgan fingerprint density at radius 1 is 1.16 bits per heavy atom. The molecule has 5 aliphatic rings. The number of nitrogens with two attached hydrogens (primary N) is 1. The fourth-order valence-electron chi connectivity index (χ4n) is 8.21. The molecule has 0 radical (unpaired) electrons. The molecular weight excluding hydrogens is 571 g/mol. The molecule has 8 nitrogen and oxygen atoms in total. The maximum atomic E-state index is 15.4. The zero-order chi connectivity index (χ0) is 30.3. The lowest BCUT2D eigenvalue weighted by molar-refractivity contribution is -0.141. The fourth-order valence-corrected chi connectivity index (χ4v) is 8.21. The van der Waals surface area contributed by atoms with Crippen LogP contribution in [0.4, 0.5) is 33.5 Å². The molecule has 5 aliphatic heterocycles. The minimum atomic E-state index is -4.81. The van der Waals surface area contributed by atoms with Crippen LogP contribution >= 0.6 is 0 Å². The molecule has 2 unspecified atom stereocenters. The van der Waals surface area contributed by atoms with Crippen molar-refractivity contribution >= 4 is 11.5 Å². The number of piperazine rings is 1. The molecule has 13 heteroatoms. The largest absolute Gasteiger partial charge is 0.461 e. The first-order valence-electron chi connectivity index (χ1n) is 15.2. The van der Waals surface area contributed by atoms with E-state index >= 15 is 4.39 Å². The molecule has 0 saturated carbocycles. The minimum absolute atomic E-state index is 0.0938. The summed E-state index contributed by atoms with van der Waals surface area (Å²) < 4.78 is 85.0. The number of alkyl halides is 4. The van der Waals surface area contributed by atoms with Gasteiger partial charge in [0.05, 0.1) is 34.7 Å². The molecule has 1 aromatic heterocycles. The van der Waals surface area contributed by atoms with Crippen LogP contribution in [0.25, 0.3) is 0 Å². The molecule has 0 aliphatic carbocycles. The zero-order valence-corrected chi connectivity index (χ0v) is 24.3. The first-order valence-corrected chi connectivity index (χ1v) is 15.2. The molecule has 234 valence electrons. The Balaban J connectivity index is 1.28. The predicted octanol–water partition coefficient (Wildman–Crippen LogP) is 4.80. The van der Waals surface area contributed by atoms with Gasteiger partial charge >= 0.3 is 12.2 Å². The highest BCUT2D eigenvalue weighted by atomic mass is 19.4. The van der Waals surface area contributed by atoms with E-state index < -0.39 is 47.0 Å². The lowest BCUT2D eigenvalue weighted by Gasteiger charge is -2.38. The number of anilines is 2. The van der Waals surface area contributed by atoms with Crippen LogP contribution in [0.15, 0.2) is 6.07 Å². The molecule has 1 aromatic carbocycles. The van der Waals surface area contributed by atoms with Gasteiger partial charge in [-0.05, 0) is 57.7 Å². The van der Waals surface area contributed by atoms with Crippen molar-refractivity contribution in [1.82, 2.24) is 20.2 Å². The summed E-state index contributed by atoms with van der Waals surface area (Å²) in [4.78, 5) is 13.9. The van der Waals surface area contributed by atoms with E-state index in [1.165, 1.54) is 6.92 Å². The summed E-state index contributed by atoms with van der Waals surface area (Å²) in [7, 11) is 0. The second-order valence-corrected chi connectivity index (χ2v) is 13.0. The summed E-state index contributed by atoms with van der Waals surface area (Å²) in [6.45, 7) is 5.82. The van der Waals surface area contributed by atoms with Crippen LogP contribution < -0.4 is 20.7 Å². The van der Waals surface area contributed by atoms with Crippen molar-refractivity contribution in [2.75, 3.05) is 43.4 Å². The quantitative estimate of drug-likeness (QED) is 0.370. The highest BCUT2D eigenvalue weighted by Crippen LogP contribution is 2.48. The summed E-state index contributed by atoms with van der Waals surface area (Å²) in [5, 5.41) is 3.60. The van der Waals surface area contributed by atoms with E-state index in [4.69, 9.17) is 25.2 Å². The average Bonchev–Trinajstić information content (AvgIpc) is 3.58. The van der Waals surface area contributed by atoms with Crippen molar-refractivity contribution in [3.05, 3.63) is 39.8 Å². The van der Waals surface area contributed by atoms with Gasteiger partial charge in [-0.3, -0.25) is 4.90 Å². The third-order valence-electron chi connectivity index (χ3n) is 10.0. The topological polar surface area (TPSA) is 88.8 Å². The van der Waals surface area contributed by atoms with E-state index in [-0.39, 0.29) is 30.3 Å². The van der Waals surface area contributed by atoms with Gasteiger partial charge in [0.15, 0.2) is 5.82 Å². The number of rotatable bonds is 5. The van der Waals surface area contributed by atoms with Crippen LogP contribution in [-0.2, 0) is 17.3 Å². The van der Waals surface area contributed by atoms with E-state index in [0.29, 0.717) is 55.2 Å². The molecule has 4 fully saturated rings. The van der Waals surface area contributed by atoms with Gasteiger partial charge in [0.1, 0.15) is 18.6 Å². The maximum absolute atomic E-state index is 15.4. The van der Waals surface area contributed by atoms with Crippen LogP contribution in [-0.4, -0.2) is 71.4 Å². The Labute approximate surface area is 247 Å². The number of hydrogen-bond donors (Lipinski definition) is 2. The molecule has 2 bridgehead atoms. The highest BCUT2D eigenvalue weighted by molar-refractivity contribution is 5.56. The molecule has 6 atom stereocenters. The molecule has 43 heavy (non-hydrogen) atoms. The average molecular weight is 609 g/mol. The van der Waals surface area contributed by atoms with Crippen LogP contribution in [0.5, 0.6) is 6.01 Å². The maximum Gasteiger partial charge on any atom is 0.417 e. The van der Waals surface area contributed by atoms with Crippen molar-refractivity contribution in [3.63, 3.8) is 0 Å². The van der Waals surface area contributed by atoms with E-state index in [2.05, 4.69) is 15.1 Å². The van der Waals surface area contributed by atoms with Crippen LogP contribution in [0.1, 0.15) is 79.2 Å². The van der Waals surface area contributed by atoms with Crippen molar-refractivity contribution in [1.29, 1.82) is 0 Å². The number of aryl methyl sites for hydroxylation is 1. The third kappa shape index (κ3) is 5.01. The number of nitrogen functional groups attached to an aromatic ring is 1. The van der Waals surface area contributed by atoms with Gasteiger partial charge in [-0.25, -0.2) is 8.78 Å². The number of nitrogens with zero attached hydrogens (tertiary/aromatic N) is 4. The molecule has 3 N–H and O–H groups in total. The molecule has 6 heterocycles. The summed E-state index contributed by atoms with van der Waals surface area (Å²) in [6, 6.07) is 1.69. The molecule has 4 saturated heterocycles. The Bertz CT molecular complexity index is 1410. The molecule has 0 amide bonds. The van der Waals surface area contributed by atoms with Crippen molar-refractivity contribution in [2.45, 2.75) is 94.6 Å². The van der Waals surface area contributed by atoms with Crippen LogP contribution in [0.2, 0.25) is 0 Å². The number of aromatic nitrogens is 2. The fraction of sp³-hybridized carbons (Fsp3) is 0.667. The number of benzene rings is 1. The second-order valence-electron chi connectivity index (χ2n) is 13.0. The predicted molar refractivity (Wildman–Crippen MR) is 149 cm³/mol. The van der Waals surface area contributed by atoms with Crippen molar-refractivity contribution in [3.8, 4) is 6.01 Å². The lowest BCUT2D eigenvalue weighted by Crippen LogP contribution is -2.52. The second kappa shape index (κ2) is 10.4. The Kier molecular flexibility index (Phi) is 7.01. The van der Waals surface area contributed by atoms with E-state index in [9.17, 15) is 17.6 Å². The Hall–Kier alpha value is -2.77. The third-order valence-corrected chi connectivity index (χ3v) is 10.0. The van der Waals surface area contributed by atoms with Gasteiger partial charge in [0, 0.05) is 55.7 Å². The molecule has 7 rings (SSSR count). The molecule has 2 aromatic rings. The van der Waals surface area contributed by atoms with Crippen molar-refractivity contribution < 1.29 is 31.4 Å². The Morgan fingerprint density at radius 2 is 1.91 bits per heavy atom. The van der Waals surface area contributed by atoms with Crippen LogP contribution in [0.3, 0.4) is 0 Å². The number of nitrogens with one attached hydrogen (secondary N) is 1. The van der Waals surface area contributed by atoms with Gasteiger partial charge in [-0.1, -0.05) is 0 Å². The summed E-state index contributed by atoms with van der Waals surface area (Å²) in [5.74, 6) is -0.509. The normalized spacial score (nSPS) is 32.3. The smallest absolute Gasteiger partial charge is 0.417 e. The number of fused-ring (bicyclic) bond motifs is 4. The Morgan fingerprint density at radius 3 is 2.63 bits per heavy atom. The van der Waals surface area contributed by atoms with Gasteiger partial charge in [0.25, 0.3) is 0 Å². The molecule has 0 spiro atoms. The summed E-state index contributed by atoms with van der Waals surface area (Å²) in [5.41, 5.74) is 4.30. The number of hydrogen-bond acceptors (Lipinski definition) is 8. The van der Waals surface area contributed by atoms with Gasteiger partial charge < -0.3 is 25.4 Å². The SMILES string of the molecule is Cc1cc(N)c(F)c([C@@H]2Cc3nc(OC[C@@]45CCCN4C[C@H](F)C5)nc(N4CC5CCC(C4)N5)c3[C@@H](C)O2)c1C(F)(F)F. The number of ether oxygens (including phenoxy) is 2. The van der Waals surface area contributed by atoms with Gasteiger partial charge in [0.2, 0.25) is 0 Å². The first kappa shape index (κ1) is 29.0. The first-order chi connectivity index (χ1) is 20.4. The van der Waals surface area contributed by atoms with Gasteiger partial charge in [-0.2, -0.15) is 23.1 Å². The van der Waals surface area contributed by atoms with Gasteiger partial charge in [-0.15, -0.1) is 0 Å². The van der Waals surface area contributed by atoms with Crippen LogP contribution in [0, 0.1) is 12.7 Å².